The number of benzene rings is 1. The summed E-state index contributed by atoms with van der Waals surface area (Å²) in [5, 5.41) is 14.3. The number of nitrogens with one attached hydrogen (secondary N) is 1. The number of hydrogen-bond acceptors (Lipinski definition) is 5. The summed E-state index contributed by atoms with van der Waals surface area (Å²) in [5.74, 6) is 0.446. The molecule has 1 saturated heterocycles. The number of aryl methyl sites for hydroxylation is 1. The number of rotatable bonds is 8. The van der Waals surface area contributed by atoms with Crippen LogP contribution in [0.25, 0.3) is 0 Å². The summed E-state index contributed by atoms with van der Waals surface area (Å²) in [6.07, 6.45) is 2.73. The van der Waals surface area contributed by atoms with Crippen LogP contribution in [0, 0.1) is 25.7 Å². The van der Waals surface area contributed by atoms with Gasteiger partial charge in [0.2, 0.25) is 5.91 Å². The molecule has 2 aliphatic rings. The Kier molecular flexibility index (Phi) is 7.92. The van der Waals surface area contributed by atoms with Crippen molar-refractivity contribution in [1.29, 1.82) is 0 Å². The first-order valence-corrected chi connectivity index (χ1v) is 11.1. The van der Waals surface area contributed by atoms with Gasteiger partial charge in [0.1, 0.15) is 12.4 Å². The van der Waals surface area contributed by atoms with Gasteiger partial charge in [-0.2, -0.15) is 0 Å². The number of hydrogen-bond donors (Lipinski definition) is 2. The van der Waals surface area contributed by atoms with E-state index in [-0.39, 0.29) is 17.7 Å². The molecule has 0 spiro atoms. The molecular weight excluding hydrogens is 380 g/mol. The molecular formula is C24H36N2O4. The molecule has 3 atom stereocenters. The van der Waals surface area contributed by atoms with Crippen LogP contribution in [-0.2, 0) is 16.0 Å². The summed E-state index contributed by atoms with van der Waals surface area (Å²) in [6, 6.07) is 2.05. The number of ether oxygens (including phenoxy) is 2. The maximum Gasteiger partial charge on any atom is 0.223 e. The summed E-state index contributed by atoms with van der Waals surface area (Å²) >= 11 is 0. The minimum atomic E-state index is -0.667. The van der Waals surface area contributed by atoms with Crippen molar-refractivity contribution < 1.29 is 19.4 Å². The molecule has 3 rings (SSSR count). The van der Waals surface area contributed by atoms with Crippen LogP contribution in [-0.4, -0.2) is 61.9 Å². The molecule has 1 aromatic carbocycles. The lowest BCUT2D eigenvalue weighted by molar-refractivity contribution is -0.128. The van der Waals surface area contributed by atoms with Crippen molar-refractivity contribution in [2.45, 2.75) is 39.7 Å². The Balaban J connectivity index is 1.65. The number of morpholine rings is 1. The van der Waals surface area contributed by atoms with E-state index in [1.165, 1.54) is 5.56 Å². The highest BCUT2D eigenvalue weighted by Gasteiger charge is 2.37. The van der Waals surface area contributed by atoms with Crippen molar-refractivity contribution in [3.05, 3.63) is 41.0 Å². The molecule has 1 amide bonds. The first-order chi connectivity index (χ1) is 14.4. The average Bonchev–Trinajstić information content (AvgIpc) is 2.75. The standard InChI is InChI=1S/C24H36N2O4/c1-5-12-30-21-15-16(2)19-6-7-20(23(27)22(19)18(21)4)17(3)24(28)25-8-9-26-10-13-29-14-11-26/h5,15,17,20,23,27H,1,6-14H2,2-4H3,(H,25,28). The van der Waals surface area contributed by atoms with Crippen LogP contribution < -0.4 is 10.1 Å². The molecule has 1 aliphatic carbocycles. The second kappa shape index (κ2) is 10.4. The van der Waals surface area contributed by atoms with Crippen molar-refractivity contribution >= 4 is 5.91 Å². The molecule has 6 nitrogen and oxygen atoms in total. The third kappa shape index (κ3) is 5.05. The fourth-order valence-electron chi connectivity index (χ4n) is 4.72. The molecule has 0 saturated carbocycles. The number of aliphatic hydroxyl groups is 1. The van der Waals surface area contributed by atoms with Crippen LogP contribution in [0.2, 0.25) is 0 Å². The molecule has 30 heavy (non-hydrogen) atoms. The minimum Gasteiger partial charge on any atom is -0.489 e. The van der Waals surface area contributed by atoms with Crippen LogP contribution in [0.15, 0.2) is 18.7 Å². The molecule has 1 aliphatic heterocycles. The number of amides is 1. The zero-order chi connectivity index (χ0) is 21.7. The van der Waals surface area contributed by atoms with E-state index in [0.29, 0.717) is 13.2 Å². The topological polar surface area (TPSA) is 71.0 Å². The zero-order valence-electron chi connectivity index (χ0n) is 18.6. The van der Waals surface area contributed by atoms with E-state index < -0.39 is 6.10 Å². The number of carbonyl (C=O) groups excluding carboxylic acids is 1. The Morgan fingerprint density at radius 3 is 2.87 bits per heavy atom. The Morgan fingerprint density at radius 1 is 1.43 bits per heavy atom. The molecule has 3 unspecified atom stereocenters. The molecule has 6 heteroatoms. The quantitative estimate of drug-likeness (QED) is 0.638. The summed E-state index contributed by atoms with van der Waals surface area (Å²) in [7, 11) is 0. The molecule has 1 aromatic rings. The van der Waals surface area contributed by atoms with Crippen LogP contribution in [0.1, 0.15) is 41.7 Å². The molecule has 1 fully saturated rings. The summed E-state index contributed by atoms with van der Waals surface area (Å²) < 4.78 is 11.2. The lowest BCUT2D eigenvalue weighted by atomic mass is 9.72. The number of aliphatic hydroxyl groups excluding tert-OH is 1. The predicted octanol–water partition coefficient (Wildman–Crippen LogP) is 2.55. The summed E-state index contributed by atoms with van der Waals surface area (Å²) in [5.41, 5.74) is 4.24. The van der Waals surface area contributed by atoms with Crippen molar-refractivity contribution in [2.24, 2.45) is 11.8 Å². The van der Waals surface area contributed by atoms with E-state index >= 15 is 0 Å². The highest BCUT2D eigenvalue weighted by atomic mass is 16.5. The molecule has 1 heterocycles. The summed E-state index contributed by atoms with van der Waals surface area (Å²) in [6.45, 7) is 14.9. The van der Waals surface area contributed by atoms with Gasteiger partial charge in [-0.25, -0.2) is 0 Å². The largest absolute Gasteiger partial charge is 0.489 e. The first-order valence-electron chi connectivity index (χ1n) is 11.1. The predicted molar refractivity (Wildman–Crippen MR) is 118 cm³/mol. The van der Waals surface area contributed by atoms with E-state index in [9.17, 15) is 9.90 Å². The average molecular weight is 417 g/mol. The van der Waals surface area contributed by atoms with Gasteiger partial charge in [0.25, 0.3) is 0 Å². The molecule has 2 N–H and O–H groups in total. The van der Waals surface area contributed by atoms with Crippen LogP contribution in [0.5, 0.6) is 5.75 Å². The maximum absolute atomic E-state index is 12.8. The Hall–Kier alpha value is -1.89. The van der Waals surface area contributed by atoms with E-state index in [1.54, 1.807) is 6.08 Å². The van der Waals surface area contributed by atoms with Crippen molar-refractivity contribution in [2.75, 3.05) is 46.0 Å². The lowest BCUT2D eigenvalue weighted by Gasteiger charge is -2.36. The zero-order valence-corrected chi connectivity index (χ0v) is 18.6. The van der Waals surface area contributed by atoms with E-state index in [0.717, 1.165) is 68.1 Å². The normalized spacial score (nSPS) is 22.8. The fourth-order valence-corrected chi connectivity index (χ4v) is 4.72. The Morgan fingerprint density at radius 2 is 2.17 bits per heavy atom. The van der Waals surface area contributed by atoms with Gasteiger partial charge < -0.3 is 19.9 Å². The smallest absolute Gasteiger partial charge is 0.223 e. The minimum absolute atomic E-state index is 0.0178. The van der Waals surface area contributed by atoms with Gasteiger partial charge in [0.15, 0.2) is 0 Å². The van der Waals surface area contributed by atoms with Crippen LogP contribution >= 0.6 is 0 Å². The maximum atomic E-state index is 12.8. The van der Waals surface area contributed by atoms with Crippen molar-refractivity contribution in [1.82, 2.24) is 10.2 Å². The Bertz CT molecular complexity index is 758. The molecule has 0 aromatic heterocycles. The van der Waals surface area contributed by atoms with E-state index in [4.69, 9.17) is 9.47 Å². The van der Waals surface area contributed by atoms with E-state index in [2.05, 4.69) is 23.7 Å². The molecule has 0 bridgehead atoms. The third-order valence-corrected chi connectivity index (χ3v) is 6.59. The highest BCUT2D eigenvalue weighted by molar-refractivity contribution is 5.78. The van der Waals surface area contributed by atoms with Gasteiger partial charge in [0, 0.05) is 38.0 Å². The number of carbonyl (C=O) groups is 1. The highest BCUT2D eigenvalue weighted by Crippen LogP contribution is 2.43. The van der Waals surface area contributed by atoms with Crippen molar-refractivity contribution in [3.8, 4) is 5.75 Å². The lowest BCUT2D eigenvalue weighted by Crippen LogP contribution is -2.43. The number of nitrogens with zero attached hydrogens (tertiary/aromatic N) is 1. The molecule has 166 valence electrons. The van der Waals surface area contributed by atoms with Crippen LogP contribution in [0.4, 0.5) is 0 Å². The SMILES string of the molecule is C=CCOc1cc(C)c2c(c1C)C(O)C(C(C)C(=O)NCCN1CCOCC1)CC2. The fraction of sp³-hybridized carbons (Fsp3) is 0.625. The molecule has 0 radical (unpaired) electrons. The second-order valence-corrected chi connectivity index (χ2v) is 8.49. The first kappa shape index (κ1) is 22.8. The Labute approximate surface area is 180 Å². The summed E-state index contributed by atoms with van der Waals surface area (Å²) in [4.78, 5) is 15.1. The van der Waals surface area contributed by atoms with Gasteiger partial charge >= 0.3 is 0 Å². The monoisotopic (exact) mass is 416 g/mol. The van der Waals surface area contributed by atoms with Crippen LogP contribution in [0.3, 0.4) is 0 Å². The number of fused-ring (bicyclic) bond motifs is 1. The van der Waals surface area contributed by atoms with Gasteiger partial charge in [-0.05, 0) is 55.0 Å². The van der Waals surface area contributed by atoms with Gasteiger partial charge in [-0.1, -0.05) is 19.6 Å². The van der Waals surface area contributed by atoms with Gasteiger partial charge in [-0.15, -0.1) is 0 Å². The second-order valence-electron chi connectivity index (χ2n) is 8.49. The van der Waals surface area contributed by atoms with Crippen molar-refractivity contribution in [3.63, 3.8) is 0 Å². The van der Waals surface area contributed by atoms with Gasteiger partial charge in [-0.3, -0.25) is 9.69 Å². The van der Waals surface area contributed by atoms with Gasteiger partial charge in [0.05, 0.1) is 19.3 Å². The third-order valence-electron chi connectivity index (χ3n) is 6.59. The van der Waals surface area contributed by atoms with E-state index in [1.807, 2.05) is 19.9 Å².